The number of ether oxygens (including phenoxy) is 2. The Morgan fingerprint density at radius 3 is 2.65 bits per heavy atom. The van der Waals surface area contributed by atoms with Crippen molar-refractivity contribution >= 4 is 5.69 Å². The van der Waals surface area contributed by atoms with Crippen LogP contribution >= 0.6 is 0 Å². The summed E-state index contributed by atoms with van der Waals surface area (Å²) in [6.07, 6.45) is 0.847. The highest BCUT2D eigenvalue weighted by Gasteiger charge is 2.26. The summed E-state index contributed by atoms with van der Waals surface area (Å²) >= 11 is 0. The van der Waals surface area contributed by atoms with E-state index in [-0.39, 0.29) is 18.9 Å². The minimum absolute atomic E-state index is 0.135. The molecule has 2 aliphatic rings. The average molecular weight is 309 g/mol. The quantitative estimate of drug-likeness (QED) is 0.815. The summed E-state index contributed by atoms with van der Waals surface area (Å²) < 4.78 is 11.1. The molecule has 118 valence electrons. The Hall–Kier alpha value is -2.56. The van der Waals surface area contributed by atoms with Crippen molar-refractivity contribution in [2.24, 2.45) is 10.2 Å². The van der Waals surface area contributed by atoms with E-state index in [9.17, 15) is 0 Å². The van der Waals surface area contributed by atoms with Crippen molar-refractivity contribution in [2.75, 3.05) is 12.5 Å². The van der Waals surface area contributed by atoms with Crippen LogP contribution in [0.4, 0.5) is 5.69 Å². The van der Waals surface area contributed by atoms with Gasteiger partial charge in [-0.25, -0.2) is 0 Å². The normalized spacial score (nSPS) is 21.8. The molecule has 0 spiro atoms. The molecule has 5 nitrogen and oxygen atoms in total. The summed E-state index contributed by atoms with van der Waals surface area (Å²) in [6.45, 7) is 4.37. The topological polar surface area (TPSA) is 69.2 Å². The molecule has 5 heteroatoms. The van der Waals surface area contributed by atoms with Gasteiger partial charge in [0.25, 0.3) is 0 Å². The first-order chi connectivity index (χ1) is 11.1. The van der Waals surface area contributed by atoms with E-state index < -0.39 is 0 Å². The maximum absolute atomic E-state index is 5.95. The summed E-state index contributed by atoms with van der Waals surface area (Å²) in [4.78, 5) is 0. The molecular formula is C18H19N3O2. The molecular weight excluding hydrogens is 290 g/mol. The second-order valence-electron chi connectivity index (χ2n) is 6.21. The monoisotopic (exact) mass is 309 g/mol. The molecule has 0 saturated carbocycles. The van der Waals surface area contributed by atoms with Crippen molar-refractivity contribution < 1.29 is 9.47 Å². The highest BCUT2D eigenvalue weighted by molar-refractivity contribution is 5.54. The first-order valence-corrected chi connectivity index (χ1v) is 7.80. The summed E-state index contributed by atoms with van der Waals surface area (Å²) in [5.74, 6) is 1.59. The predicted molar refractivity (Wildman–Crippen MR) is 88.0 cm³/mol. The van der Waals surface area contributed by atoms with Crippen LogP contribution in [0.1, 0.15) is 35.2 Å². The first kappa shape index (κ1) is 14.1. The molecule has 0 radical (unpaired) electrons. The van der Waals surface area contributed by atoms with Crippen LogP contribution < -0.4 is 15.2 Å². The van der Waals surface area contributed by atoms with Crippen molar-refractivity contribution in [1.82, 2.24) is 0 Å². The minimum atomic E-state index is -0.135. The van der Waals surface area contributed by atoms with Crippen LogP contribution in [0.15, 0.2) is 40.6 Å². The van der Waals surface area contributed by atoms with Crippen LogP contribution in [0.3, 0.4) is 0 Å². The number of hydrogen-bond acceptors (Lipinski definition) is 5. The zero-order chi connectivity index (χ0) is 16.0. The number of nitrogens with zero attached hydrogens (tertiary/aromatic N) is 2. The van der Waals surface area contributed by atoms with Crippen LogP contribution in [-0.4, -0.2) is 12.8 Å². The van der Waals surface area contributed by atoms with Gasteiger partial charge in [-0.2, -0.15) is 10.2 Å². The number of anilines is 1. The molecule has 0 bridgehead atoms. The third-order valence-corrected chi connectivity index (χ3v) is 4.43. The summed E-state index contributed by atoms with van der Waals surface area (Å²) in [7, 11) is 0. The van der Waals surface area contributed by atoms with Gasteiger partial charge in [0.1, 0.15) is 6.04 Å². The van der Waals surface area contributed by atoms with E-state index in [0.717, 1.165) is 40.3 Å². The molecule has 23 heavy (non-hydrogen) atoms. The van der Waals surface area contributed by atoms with Crippen LogP contribution in [0.25, 0.3) is 0 Å². The van der Waals surface area contributed by atoms with E-state index in [4.69, 9.17) is 15.2 Å². The van der Waals surface area contributed by atoms with Crippen LogP contribution in [0.2, 0.25) is 0 Å². The third kappa shape index (κ3) is 2.42. The molecule has 1 unspecified atom stereocenters. The van der Waals surface area contributed by atoms with Gasteiger partial charge < -0.3 is 15.2 Å². The lowest BCUT2D eigenvalue weighted by molar-refractivity contribution is 0.174. The van der Waals surface area contributed by atoms with E-state index in [1.807, 2.05) is 25.1 Å². The van der Waals surface area contributed by atoms with Gasteiger partial charge in [-0.05, 0) is 60.7 Å². The molecule has 0 saturated heterocycles. The van der Waals surface area contributed by atoms with Gasteiger partial charge in [-0.15, -0.1) is 0 Å². The van der Waals surface area contributed by atoms with E-state index >= 15 is 0 Å². The number of rotatable bonds is 1. The molecule has 2 aromatic rings. The number of nitrogens with two attached hydrogens (primary N) is 1. The zero-order valence-corrected chi connectivity index (χ0v) is 13.2. The number of fused-ring (bicyclic) bond motifs is 2. The molecule has 2 aromatic carbocycles. The Balaban J connectivity index is 1.86. The first-order valence-electron chi connectivity index (χ1n) is 7.80. The summed E-state index contributed by atoms with van der Waals surface area (Å²) in [5, 5.41) is 9.06. The van der Waals surface area contributed by atoms with Gasteiger partial charge in [0.15, 0.2) is 11.5 Å². The Kier molecular flexibility index (Phi) is 3.22. The molecule has 0 aromatic heterocycles. The van der Waals surface area contributed by atoms with E-state index in [0.29, 0.717) is 0 Å². The van der Waals surface area contributed by atoms with E-state index in [1.165, 1.54) is 5.56 Å². The van der Waals surface area contributed by atoms with Gasteiger partial charge in [0.2, 0.25) is 6.79 Å². The lowest BCUT2D eigenvalue weighted by Crippen LogP contribution is -2.04. The molecule has 2 heterocycles. The third-order valence-electron chi connectivity index (χ3n) is 4.43. The molecule has 2 N–H and O–H groups in total. The highest BCUT2D eigenvalue weighted by Crippen LogP contribution is 2.41. The van der Waals surface area contributed by atoms with Crippen molar-refractivity contribution in [2.45, 2.75) is 32.4 Å². The number of azo groups is 1. The fourth-order valence-corrected chi connectivity index (χ4v) is 3.15. The maximum Gasteiger partial charge on any atom is 0.231 e. The second kappa shape index (κ2) is 5.26. The van der Waals surface area contributed by atoms with Gasteiger partial charge in [0, 0.05) is 5.69 Å². The molecule has 4 rings (SSSR count). The zero-order valence-electron chi connectivity index (χ0n) is 13.2. The Morgan fingerprint density at radius 2 is 1.87 bits per heavy atom. The highest BCUT2D eigenvalue weighted by atomic mass is 16.7. The van der Waals surface area contributed by atoms with E-state index in [1.54, 1.807) is 0 Å². The lowest BCUT2D eigenvalue weighted by Gasteiger charge is -2.16. The van der Waals surface area contributed by atoms with Gasteiger partial charge >= 0.3 is 0 Å². The standard InChI is InChI=1S/C18H19N3O2/c1-10-5-12(3-4-15(10)19)18-14-8-17-16(22-9-23-17)7-13(14)6-11(2)20-21-18/h3-5,7-8,11,18H,6,9,19H2,1-2H3/t11-,18?/m1/s1. The fraction of sp³-hybridized carbons (Fsp3) is 0.333. The van der Waals surface area contributed by atoms with Crippen molar-refractivity contribution in [3.8, 4) is 11.5 Å². The summed E-state index contributed by atoms with van der Waals surface area (Å²) in [6, 6.07) is 10.2. The average Bonchev–Trinajstić information content (AvgIpc) is 2.91. The molecule has 0 aliphatic carbocycles. The minimum Gasteiger partial charge on any atom is -0.454 e. The Bertz CT molecular complexity index is 801. The van der Waals surface area contributed by atoms with Crippen molar-refractivity contribution in [3.05, 3.63) is 52.6 Å². The van der Waals surface area contributed by atoms with Crippen molar-refractivity contribution in [1.29, 1.82) is 0 Å². The number of aryl methyl sites for hydroxylation is 1. The molecule has 2 atom stereocenters. The molecule has 0 fully saturated rings. The predicted octanol–water partition coefficient (Wildman–Crippen LogP) is 3.79. The summed E-state index contributed by atoms with van der Waals surface area (Å²) in [5.41, 5.74) is 11.2. The maximum atomic E-state index is 5.95. The van der Waals surface area contributed by atoms with Gasteiger partial charge in [0.05, 0.1) is 6.04 Å². The van der Waals surface area contributed by atoms with E-state index in [2.05, 4.69) is 29.3 Å². The lowest BCUT2D eigenvalue weighted by atomic mass is 9.91. The fourth-order valence-electron chi connectivity index (χ4n) is 3.15. The molecule has 2 aliphatic heterocycles. The second-order valence-corrected chi connectivity index (χ2v) is 6.21. The molecule has 0 amide bonds. The van der Waals surface area contributed by atoms with Crippen molar-refractivity contribution in [3.63, 3.8) is 0 Å². The number of nitrogen functional groups attached to an aromatic ring is 1. The largest absolute Gasteiger partial charge is 0.454 e. The van der Waals surface area contributed by atoms with Gasteiger partial charge in [-0.1, -0.05) is 12.1 Å². The van der Waals surface area contributed by atoms with Gasteiger partial charge in [-0.3, -0.25) is 0 Å². The van der Waals surface area contributed by atoms with Crippen LogP contribution in [0, 0.1) is 6.92 Å². The Labute approximate surface area is 135 Å². The SMILES string of the molecule is Cc1cc(C2N=N[C@H](C)Cc3cc4c(cc32)OCO4)ccc1N. The number of hydrogen-bond donors (Lipinski definition) is 1. The van der Waals surface area contributed by atoms with Crippen LogP contribution in [0.5, 0.6) is 11.5 Å². The Morgan fingerprint density at radius 1 is 1.09 bits per heavy atom. The number of benzene rings is 2. The smallest absolute Gasteiger partial charge is 0.231 e. The van der Waals surface area contributed by atoms with Crippen LogP contribution in [-0.2, 0) is 6.42 Å².